The van der Waals surface area contributed by atoms with Gasteiger partial charge in [-0.25, -0.2) is 9.59 Å². The summed E-state index contributed by atoms with van der Waals surface area (Å²) < 4.78 is 34.8. The summed E-state index contributed by atoms with van der Waals surface area (Å²) in [6, 6.07) is 3.80. The number of nitrogens with zero attached hydrogens (tertiary/aromatic N) is 2. The number of aliphatic hydroxyl groups is 2. The summed E-state index contributed by atoms with van der Waals surface area (Å²) in [5, 5.41) is 34.6. The molecular formula is C58H82N2O16. The molecule has 0 spiro atoms. The highest BCUT2D eigenvalue weighted by Crippen LogP contribution is 2.39. The molecule has 18 heteroatoms. The van der Waals surface area contributed by atoms with Crippen LogP contribution in [0, 0.1) is 51.5 Å². The maximum Gasteiger partial charge on any atom is 0.514 e. The summed E-state index contributed by atoms with van der Waals surface area (Å²) in [6.45, 7) is 14.7. The number of carbonyl (C=O) groups excluding carboxylic acids is 6. The molecule has 1 unspecified atom stereocenters. The van der Waals surface area contributed by atoms with Gasteiger partial charge in [-0.15, -0.1) is 0 Å². The lowest BCUT2D eigenvalue weighted by Gasteiger charge is -2.42. The molecule has 1 aromatic rings. The first-order valence-electron chi connectivity index (χ1n) is 27.1. The number of non-ortho nitro benzene ring substituents is 1. The SMILES string of the molecule is CO[C@@H]1C[C@H](C[C@@H](C)[C@@H]2CC(=O)[C@H](C)/C=C(\C)[C@@H](O)[C@@H](OC)C(=O)[C@H](C)C[C@H](C)/C=C/C=C/C=C(\C)C(C)C[C@@H]3CC[C@@H](C)[C@@](O)(O3)C(=O)C(=O)N3CCCC[C@H]3C(=O)O2)CC[C@H]1OC(=O)Oc1ccc([N+](=O)[O-])cc1. The summed E-state index contributed by atoms with van der Waals surface area (Å²) in [5.74, 6) is -8.44. The lowest BCUT2D eigenvalue weighted by atomic mass is 9.78. The van der Waals surface area contributed by atoms with Gasteiger partial charge in [0.05, 0.1) is 17.1 Å². The lowest BCUT2D eigenvalue weighted by molar-refractivity contribution is -0.384. The topological polar surface area (TPSA) is 245 Å². The molecule has 2 saturated heterocycles. The van der Waals surface area contributed by atoms with Crippen LogP contribution in [0.25, 0.3) is 0 Å². The van der Waals surface area contributed by atoms with E-state index < -0.39 is 101 Å². The number of allylic oxidation sites excluding steroid dienone is 7. The summed E-state index contributed by atoms with van der Waals surface area (Å²) >= 11 is 0. The highest BCUT2D eigenvalue weighted by molar-refractivity contribution is 6.39. The van der Waals surface area contributed by atoms with Crippen molar-refractivity contribution in [3.8, 4) is 5.75 Å². The molecule has 15 atom stereocenters. The van der Waals surface area contributed by atoms with E-state index in [1.54, 1.807) is 33.8 Å². The smallest absolute Gasteiger partial charge is 0.460 e. The average molecular weight is 1060 g/mol. The Hall–Kier alpha value is -5.40. The number of benzene rings is 1. The number of Topliss-reactive ketones (excluding diaryl/α,β-unsaturated/α-hetero) is 3. The Bertz CT molecular complexity index is 2330. The van der Waals surface area contributed by atoms with Crippen LogP contribution in [0.2, 0.25) is 0 Å². The van der Waals surface area contributed by atoms with Gasteiger partial charge in [0, 0.05) is 57.1 Å². The van der Waals surface area contributed by atoms with Gasteiger partial charge in [0.2, 0.25) is 5.79 Å². The zero-order valence-electron chi connectivity index (χ0n) is 46.1. The predicted molar refractivity (Wildman–Crippen MR) is 281 cm³/mol. The Labute approximate surface area is 447 Å². The summed E-state index contributed by atoms with van der Waals surface area (Å²) in [7, 11) is 2.86. The number of ketones is 3. The van der Waals surface area contributed by atoms with Crippen molar-refractivity contribution < 1.29 is 72.3 Å². The van der Waals surface area contributed by atoms with Gasteiger partial charge in [-0.05, 0) is 126 Å². The molecule has 3 aliphatic heterocycles. The molecule has 1 aromatic carbocycles. The highest BCUT2D eigenvalue weighted by Gasteiger charge is 2.53. The zero-order chi connectivity index (χ0) is 56.0. The van der Waals surface area contributed by atoms with E-state index >= 15 is 0 Å². The number of nitro benzene ring substituents is 1. The van der Waals surface area contributed by atoms with Gasteiger partial charge in [0.15, 0.2) is 5.78 Å². The fraction of sp³-hybridized carbons (Fsp3) is 0.655. The standard InChI is InChI=1S/C58H82N2O16/c1-34-16-12-11-13-17-35(2)36(3)31-45-23-19-41(8)58(68,76-45)54(64)55(65)59-27-15-14-18-46(59)56(66)74-49(33-47(61)37(4)29-40(7)52(63)53(72-10)51(62)39(6)28-34)38(5)30-42-20-26-48(50(32-42)71-9)75-57(67)73-44-24-21-43(22-25-44)60(69)70/h11-13,16-17,21-22,24-25,29,34,36-39,41-42,45-46,48-50,52-53,63,68H,14-15,18-20,23,26-28,30-33H2,1-10H3/b13-11+,16-12+,35-17+,40-29+/t34-,36?,37-,38-,39-,41-,42+,45+,46+,48-,49+,50-,52-,53+,58-/m1/s1. The molecule has 3 fully saturated rings. The van der Waals surface area contributed by atoms with Crippen LogP contribution in [-0.4, -0.2) is 125 Å². The van der Waals surface area contributed by atoms with Crippen molar-refractivity contribution in [3.63, 3.8) is 0 Å². The van der Waals surface area contributed by atoms with E-state index in [-0.39, 0.29) is 60.1 Å². The van der Waals surface area contributed by atoms with E-state index in [2.05, 4.69) is 0 Å². The number of hydrogen-bond acceptors (Lipinski definition) is 16. The van der Waals surface area contributed by atoms with Crippen molar-refractivity contribution in [3.05, 3.63) is 82.0 Å². The fourth-order valence-electron chi connectivity index (χ4n) is 11.0. The minimum atomic E-state index is -2.42. The normalized spacial score (nSPS) is 36.0. The summed E-state index contributed by atoms with van der Waals surface area (Å²) in [5.41, 5.74) is 1.22. The minimum Gasteiger partial charge on any atom is -0.460 e. The van der Waals surface area contributed by atoms with Crippen molar-refractivity contribution in [2.24, 2.45) is 41.4 Å². The summed E-state index contributed by atoms with van der Waals surface area (Å²) in [6.07, 6.45) is 9.72. The Morgan fingerprint density at radius 2 is 1.58 bits per heavy atom. The second-order valence-electron chi connectivity index (χ2n) is 22.0. The number of aliphatic hydroxyl groups excluding tert-OH is 1. The first kappa shape index (κ1) is 61.5. The van der Waals surface area contributed by atoms with E-state index in [1.165, 1.54) is 43.4 Å². The maximum absolute atomic E-state index is 14.6. The predicted octanol–water partition coefficient (Wildman–Crippen LogP) is 8.93. The van der Waals surface area contributed by atoms with Crippen LogP contribution in [0.1, 0.15) is 132 Å². The van der Waals surface area contributed by atoms with E-state index in [0.717, 1.165) is 5.57 Å². The van der Waals surface area contributed by atoms with Crippen molar-refractivity contribution in [2.45, 2.75) is 181 Å². The molecule has 420 valence electrons. The number of amides is 1. The molecule has 0 radical (unpaired) electrons. The van der Waals surface area contributed by atoms with E-state index in [9.17, 15) is 49.1 Å². The van der Waals surface area contributed by atoms with Crippen LogP contribution < -0.4 is 4.74 Å². The van der Waals surface area contributed by atoms with Crippen LogP contribution >= 0.6 is 0 Å². The summed E-state index contributed by atoms with van der Waals surface area (Å²) in [4.78, 5) is 95.8. The van der Waals surface area contributed by atoms with E-state index in [1.807, 2.05) is 58.1 Å². The molecule has 4 aliphatic rings. The Kier molecular flexibility index (Phi) is 22.9. The Morgan fingerprint density at radius 1 is 0.868 bits per heavy atom. The fourth-order valence-corrected chi connectivity index (χ4v) is 11.0. The maximum atomic E-state index is 14.6. The third kappa shape index (κ3) is 16.3. The number of nitro groups is 1. The molecule has 1 saturated carbocycles. The van der Waals surface area contributed by atoms with Crippen molar-refractivity contribution in [2.75, 3.05) is 20.8 Å². The molecule has 1 aliphatic carbocycles. The molecular weight excluding hydrogens is 981 g/mol. The van der Waals surface area contributed by atoms with Gasteiger partial charge in [0.25, 0.3) is 17.4 Å². The van der Waals surface area contributed by atoms with Crippen molar-refractivity contribution in [1.29, 1.82) is 0 Å². The van der Waals surface area contributed by atoms with E-state index in [4.69, 9.17) is 28.4 Å². The first-order chi connectivity index (χ1) is 36.0. The van der Waals surface area contributed by atoms with Gasteiger partial charge in [0.1, 0.15) is 42.0 Å². The van der Waals surface area contributed by atoms with Gasteiger partial charge in [-0.3, -0.25) is 29.3 Å². The molecule has 3 heterocycles. The van der Waals surface area contributed by atoms with Crippen LogP contribution in [0.15, 0.2) is 71.9 Å². The second-order valence-corrected chi connectivity index (χ2v) is 22.0. The molecule has 76 heavy (non-hydrogen) atoms. The third-order valence-electron chi connectivity index (χ3n) is 16.1. The van der Waals surface area contributed by atoms with Gasteiger partial charge < -0.3 is 43.5 Å². The van der Waals surface area contributed by atoms with Crippen molar-refractivity contribution in [1.82, 2.24) is 4.90 Å². The number of cyclic esters (lactones) is 1. The number of ether oxygens (including phenoxy) is 6. The second kappa shape index (κ2) is 28.3. The number of fused-ring (bicyclic) bond motifs is 3. The van der Waals surface area contributed by atoms with Crippen LogP contribution in [0.4, 0.5) is 10.5 Å². The minimum absolute atomic E-state index is 0.00274. The zero-order valence-corrected chi connectivity index (χ0v) is 46.1. The Balaban J connectivity index is 1.41. The number of hydrogen-bond donors (Lipinski definition) is 2. The quantitative estimate of drug-likeness (QED) is 0.0616. The Morgan fingerprint density at radius 3 is 2.25 bits per heavy atom. The van der Waals surface area contributed by atoms with Crippen LogP contribution in [0.5, 0.6) is 5.75 Å². The molecule has 0 aromatic heterocycles. The lowest BCUT2D eigenvalue weighted by Crippen LogP contribution is -2.60. The largest absolute Gasteiger partial charge is 0.514 e. The molecule has 2 N–H and O–H groups in total. The number of rotatable bonds is 8. The number of piperidine rings is 1. The van der Waals surface area contributed by atoms with Crippen LogP contribution in [-0.2, 0) is 47.7 Å². The van der Waals surface area contributed by atoms with Crippen molar-refractivity contribution >= 4 is 41.1 Å². The molecule has 18 nitrogen and oxygen atoms in total. The number of carbonyl (C=O) groups is 6. The van der Waals surface area contributed by atoms with E-state index in [0.29, 0.717) is 69.8 Å². The monoisotopic (exact) mass is 1060 g/mol. The van der Waals surface area contributed by atoms with Gasteiger partial charge in [-0.1, -0.05) is 83.6 Å². The van der Waals surface area contributed by atoms with Crippen LogP contribution in [0.3, 0.4) is 0 Å². The third-order valence-corrected chi connectivity index (χ3v) is 16.1. The van der Waals surface area contributed by atoms with Gasteiger partial charge in [-0.2, -0.15) is 0 Å². The molecule has 1 amide bonds. The highest BCUT2D eigenvalue weighted by atomic mass is 16.7. The number of esters is 1. The first-order valence-corrected chi connectivity index (χ1v) is 27.1. The average Bonchev–Trinajstić information content (AvgIpc) is 3.38. The molecule has 5 rings (SSSR count). The van der Waals surface area contributed by atoms with Gasteiger partial charge >= 0.3 is 12.1 Å². The number of methoxy groups -OCH3 is 2. The molecule has 2 bridgehead atoms.